The van der Waals surface area contributed by atoms with E-state index in [0.29, 0.717) is 18.3 Å². The Morgan fingerprint density at radius 1 is 1.12 bits per heavy atom. The SMILES string of the molecule is CCNC(=O)COc1ccc(CNC(C)c2ccccc2C)cc1. The summed E-state index contributed by atoms with van der Waals surface area (Å²) in [7, 11) is 0. The first-order valence-corrected chi connectivity index (χ1v) is 8.37. The molecule has 1 atom stereocenters. The van der Waals surface area contributed by atoms with Crippen molar-refractivity contribution in [2.45, 2.75) is 33.4 Å². The first-order valence-electron chi connectivity index (χ1n) is 8.37. The second-order valence-corrected chi connectivity index (χ2v) is 5.85. The molecule has 4 nitrogen and oxygen atoms in total. The molecule has 0 aliphatic carbocycles. The molecule has 4 heteroatoms. The van der Waals surface area contributed by atoms with E-state index >= 15 is 0 Å². The van der Waals surface area contributed by atoms with Gasteiger partial charge in [0, 0.05) is 19.1 Å². The molecule has 0 bridgehead atoms. The largest absolute Gasteiger partial charge is 0.484 e. The van der Waals surface area contributed by atoms with E-state index in [-0.39, 0.29) is 12.5 Å². The van der Waals surface area contributed by atoms with E-state index in [1.165, 1.54) is 16.7 Å². The van der Waals surface area contributed by atoms with Crippen molar-refractivity contribution in [1.82, 2.24) is 10.6 Å². The predicted molar refractivity (Wildman–Crippen MR) is 97.1 cm³/mol. The lowest BCUT2D eigenvalue weighted by molar-refractivity contribution is -0.122. The number of amides is 1. The molecule has 1 amide bonds. The maximum Gasteiger partial charge on any atom is 0.257 e. The fourth-order valence-corrected chi connectivity index (χ4v) is 2.55. The molecule has 0 fully saturated rings. The van der Waals surface area contributed by atoms with Gasteiger partial charge >= 0.3 is 0 Å². The summed E-state index contributed by atoms with van der Waals surface area (Å²) >= 11 is 0. The Bertz CT molecular complexity index is 653. The number of ether oxygens (including phenoxy) is 1. The second-order valence-electron chi connectivity index (χ2n) is 5.85. The molecule has 1 unspecified atom stereocenters. The van der Waals surface area contributed by atoms with Crippen LogP contribution >= 0.6 is 0 Å². The lowest BCUT2D eigenvalue weighted by Crippen LogP contribution is -2.28. The molecule has 0 radical (unpaired) electrons. The van der Waals surface area contributed by atoms with Gasteiger partial charge in [-0.3, -0.25) is 4.79 Å². The Morgan fingerprint density at radius 2 is 1.83 bits per heavy atom. The molecule has 2 aromatic rings. The van der Waals surface area contributed by atoms with E-state index in [2.05, 4.69) is 48.7 Å². The summed E-state index contributed by atoms with van der Waals surface area (Å²) in [4.78, 5) is 11.4. The fourth-order valence-electron chi connectivity index (χ4n) is 2.55. The number of nitrogens with one attached hydrogen (secondary N) is 2. The van der Waals surface area contributed by atoms with E-state index < -0.39 is 0 Å². The molecule has 2 N–H and O–H groups in total. The number of hydrogen-bond acceptors (Lipinski definition) is 3. The van der Waals surface area contributed by atoms with Crippen LogP contribution in [-0.4, -0.2) is 19.1 Å². The van der Waals surface area contributed by atoms with Gasteiger partial charge in [-0.1, -0.05) is 36.4 Å². The standard InChI is InChI=1S/C20H26N2O2/c1-4-21-20(23)14-24-18-11-9-17(10-12-18)13-22-16(3)19-8-6-5-7-15(19)2/h5-12,16,22H,4,13-14H2,1-3H3,(H,21,23). The first-order chi connectivity index (χ1) is 11.6. The van der Waals surface area contributed by atoms with Crippen LogP contribution in [0.15, 0.2) is 48.5 Å². The molecule has 0 aliphatic rings. The lowest BCUT2D eigenvalue weighted by Gasteiger charge is -2.16. The minimum Gasteiger partial charge on any atom is -0.484 e. The monoisotopic (exact) mass is 326 g/mol. The van der Waals surface area contributed by atoms with Gasteiger partial charge in [-0.15, -0.1) is 0 Å². The molecule has 0 saturated heterocycles. The van der Waals surface area contributed by atoms with Crippen molar-refractivity contribution in [3.63, 3.8) is 0 Å². The third-order valence-corrected chi connectivity index (χ3v) is 3.93. The summed E-state index contributed by atoms with van der Waals surface area (Å²) < 4.78 is 5.45. The highest BCUT2D eigenvalue weighted by Crippen LogP contribution is 2.18. The van der Waals surface area contributed by atoms with Crippen LogP contribution in [0.4, 0.5) is 0 Å². The van der Waals surface area contributed by atoms with Crippen molar-refractivity contribution >= 4 is 5.91 Å². The van der Waals surface area contributed by atoms with Gasteiger partial charge in [0.15, 0.2) is 6.61 Å². The van der Waals surface area contributed by atoms with Gasteiger partial charge in [-0.25, -0.2) is 0 Å². The average Bonchev–Trinajstić information content (AvgIpc) is 2.59. The van der Waals surface area contributed by atoms with Crippen LogP contribution < -0.4 is 15.4 Å². The van der Waals surface area contributed by atoms with Crippen LogP contribution in [0, 0.1) is 6.92 Å². The minimum absolute atomic E-state index is 0.0513. The Labute approximate surface area is 144 Å². The zero-order valence-corrected chi connectivity index (χ0v) is 14.6. The molecule has 2 aromatic carbocycles. The van der Waals surface area contributed by atoms with Crippen molar-refractivity contribution in [2.24, 2.45) is 0 Å². The number of likely N-dealkylation sites (N-methyl/N-ethyl adjacent to an activating group) is 1. The molecular formula is C20H26N2O2. The molecule has 0 saturated carbocycles. The number of carbonyl (C=O) groups is 1. The number of hydrogen-bond donors (Lipinski definition) is 2. The van der Waals surface area contributed by atoms with Crippen LogP contribution in [0.25, 0.3) is 0 Å². The van der Waals surface area contributed by atoms with Gasteiger partial charge in [-0.05, 0) is 49.6 Å². The highest BCUT2D eigenvalue weighted by Gasteiger charge is 2.07. The van der Waals surface area contributed by atoms with E-state index in [4.69, 9.17) is 4.74 Å². The molecule has 24 heavy (non-hydrogen) atoms. The van der Waals surface area contributed by atoms with Crippen LogP contribution in [0.3, 0.4) is 0 Å². The molecular weight excluding hydrogens is 300 g/mol. The molecule has 128 valence electrons. The molecule has 0 heterocycles. The third kappa shape index (κ3) is 5.39. The van der Waals surface area contributed by atoms with Crippen molar-refractivity contribution in [3.8, 4) is 5.75 Å². The smallest absolute Gasteiger partial charge is 0.257 e. The highest BCUT2D eigenvalue weighted by atomic mass is 16.5. The zero-order chi connectivity index (χ0) is 17.4. The van der Waals surface area contributed by atoms with Crippen molar-refractivity contribution in [2.75, 3.05) is 13.2 Å². The summed E-state index contributed by atoms with van der Waals surface area (Å²) in [5.74, 6) is 0.604. The molecule has 0 spiro atoms. The van der Waals surface area contributed by atoms with Gasteiger partial charge < -0.3 is 15.4 Å². The third-order valence-electron chi connectivity index (χ3n) is 3.93. The predicted octanol–water partition coefficient (Wildman–Crippen LogP) is 3.36. The number of rotatable bonds is 8. The van der Waals surface area contributed by atoms with Crippen molar-refractivity contribution in [1.29, 1.82) is 0 Å². The van der Waals surface area contributed by atoms with Crippen molar-refractivity contribution in [3.05, 3.63) is 65.2 Å². The summed E-state index contributed by atoms with van der Waals surface area (Å²) in [5, 5.41) is 6.24. The number of benzene rings is 2. The number of aryl methyl sites for hydroxylation is 1. The van der Waals surface area contributed by atoms with Crippen LogP contribution in [0.1, 0.15) is 36.6 Å². The normalized spacial score (nSPS) is 11.8. The van der Waals surface area contributed by atoms with Crippen LogP contribution in [0.2, 0.25) is 0 Å². The van der Waals surface area contributed by atoms with E-state index in [1.54, 1.807) is 0 Å². The Morgan fingerprint density at radius 3 is 2.50 bits per heavy atom. The minimum atomic E-state index is -0.102. The fraction of sp³-hybridized carbons (Fsp3) is 0.350. The van der Waals surface area contributed by atoms with Gasteiger partial charge in [0.05, 0.1) is 0 Å². The second kappa shape index (κ2) is 9.08. The van der Waals surface area contributed by atoms with Gasteiger partial charge in [0.1, 0.15) is 5.75 Å². The Kier molecular flexibility index (Phi) is 6.82. The zero-order valence-electron chi connectivity index (χ0n) is 14.6. The summed E-state index contributed by atoms with van der Waals surface area (Å²) in [5.41, 5.74) is 3.80. The number of carbonyl (C=O) groups excluding carboxylic acids is 1. The maximum absolute atomic E-state index is 11.4. The van der Waals surface area contributed by atoms with Crippen LogP contribution in [0.5, 0.6) is 5.75 Å². The summed E-state index contributed by atoms with van der Waals surface area (Å²) in [6, 6.07) is 16.5. The first kappa shape index (κ1) is 18.0. The highest BCUT2D eigenvalue weighted by molar-refractivity contribution is 5.77. The lowest BCUT2D eigenvalue weighted by atomic mass is 10.0. The van der Waals surface area contributed by atoms with E-state index in [1.807, 2.05) is 31.2 Å². The van der Waals surface area contributed by atoms with E-state index in [9.17, 15) is 4.79 Å². The van der Waals surface area contributed by atoms with E-state index in [0.717, 1.165) is 6.54 Å². The van der Waals surface area contributed by atoms with Crippen molar-refractivity contribution < 1.29 is 9.53 Å². The molecule has 0 aliphatic heterocycles. The molecule has 0 aromatic heterocycles. The Balaban J connectivity index is 1.83. The van der Waals surface area contributed by atoms with Gasteiger partial charge in [-0.2, -0.15) is 0 Å². The molecule has 2 rings (SSSR count). The Hall–Kier alpha value is -2.33. The quantitative estimate of drug-likeness (QED) is 0.782. The summed E-state index contributed by atoms with van der Waals surface area (Å²) in [6.45, 7) is 7.64. The summed E-state index contributed by atoms with van der Waals surface area (Å²) in [6.07, 6.45) is 0. The topological polar surface area (TPSA) is 50.4 Å². The van der Waals surface area contributed by atoms with Gasteiger partial charge in [0.2, 0.25) is 0 Å². The van der Waals surface area contributed by atoms with Gasteiger partial charge in [0.25, 0.3) is 5.91 Å². The maximum atomic E-state index is 11.4. The van der Waals surface area contributed by atoms with Crippen LogP contribution in [-0.2, 0) is 11.3 Å². The average molecular weight is 326 g/mol.